The molecular weight excluding hydrogens is 510 g/mol. The third kappa shape index (κ3) is 10.8. The predicted molar refractivity (Wildman–Crippen MR) is 162 cm³/mol. The zero-order valence-corrected chi connectivity index (χ0v) is 23.8. The van der Waals surface area contributed by atoms with Gasteiger partial charge in [-0.05, 0) is 55.0 Å². The molecule has 1 aliphatic heterocycles. The number of nitrogens with zero attached hydrogens (tertiary/aromatic N) is 1. The number of aryl methyl sites for hydroxylation is 3. The fourth-order valence-corrected chi connectivity index (χ4v) is 4.00. The molecule has 4 N–H and O–H groups in total. The molecule has 0 bridgehead atoms. The molecule has 220 valence electrons. The number of hydrogen-bond donors (Lipinski definition) is 3. The topological polar surface area (TPSA) is 131 Å². The second kappa shape index (κ2) is 18.8. The van der Waals surface area contributed by atoms with E-state index in [2.05, 4.69) is 43.4 Å². The fourth-order valence-electron chi connectivity index (χ4n) is 4.00. The lowest BCUT2D eigenvalue weighted by Crippen LogP contribution is -2.49. The minimum absolute atomic E-state index is 0. The lowest BCUT2D eigenvalue weighted by molar-refractivity contribution is -0.120. The first-order valence-corrected chi connectivity index (χ1v) is 12.9. The van der Waals surface area contributed by atoms with Gasteiger partial charge in [0.2, 0.25) is 12.7 Å². The molecule has 0 fully saturated rings. The summed E-state index contributed by atoms with van der Waals surface area (Å²) in [6.07, 6.45) is 3.55. The molecule has 0 saturated carbocycles. The first-order chi connectivity index (χ1) is 19.4. The van der Waals surface area contributed by atoms with E-state index < -0.39 is 12.1 Å². The lowest BCUT2D eigenvalue weighted by Gasteiger charge is -2.24. The van der Waals surface area contributed by atoms with Crippen LogP contribution in [0.25, 0.3) is 0 Å². The summed E-state index contributed by atoms with van der Waals surface area (Å²) in [7, 11) is 2.65. The van der Waals surface area contributed by atoms with Gasteiger partial charge in [-0.3, -0.25) is 4.79 Å². The van der Waals surface area contributed by atoms with Crippen molar-refractivity contribution in [2.45, 2.75) is 45.6 Å². The van der Waals surface area contributed by atoms with Gasteiger partial charge >= 0.3 is 6.03 Å². The van der Waals surface area contributed by atoms with Crippen LogP contribution in [-0.4, -0.2) is 50.8 Å². The minimum Gasteiger partial charge on any atom is -0.454 e. The molecule has 9 nitrogen and oxygen atoms in total. The molecule has 0 unspecified atom stereocenters. The molecule has 1 atom stereocenters. The Morgan fingerprint density at radius 3 is 2.25 bits per heavy atom. The number of ether oxygens (including phenoxy) is 2. The van der Waals surface area contributed by atoms with Crippen LogP contribution in [0.4, 0.5) is 10.5 Å². The third-order valence-corrected chi connectivity index (χ3v) is 6.03. The minimum atomic E-state index is -0.726. The largest absolute Gasteiger partial charge is 0.454 e. The molecule has 0 saturated heterocycles. The average Bonchev–Trinajstić information content (AvgIpc) is 3.47. The molecule has 3 aromatic rings. The van der Waals surface area contributed by atoms with Gasteiger partial charge in [0.05, 0.1) is 0 Å². The number of primary amides is 1. The van der Waals surface area contributed by atoms with Crippen molar-refractivity contribution in [1.29, 1.82) is 0 Å². The van der Waals surface area contributed by atoms with Crippen LogP contribution < -0.4 is 25.4 Å². The number of nitrogens with two attached hydrogens (primary N) is 1. The first-order valence-electron chi connectivity index (χ1n) is 12.9. The van der Waals surface area contributed by atoms with Crippen molar-refractivity contribution in [2.24, 2.45) is 5.73 Å². The van der Waals surface area contributed by atoms with E-state index in [0.717, 1.165) is 12.7 Å². The summed E-state index contributed by atoms with van der Waals surface area (Å²) in [4.78, 5) is 33.7. The number of benzene rings is 3. The van der Waals surface area contributed by atoms with Crippen LogP contribution in [0.3, 0.4) is 0 Å². The second-order valence-corrected chi connectivity index (χ2v) is 8.70. The number of carbonyl (C=O) groups excluding carboxylic acids is 3. The zero-order valence-electron chi connectivity index (χ0n) is 23.8. The van der Waals surface area contributed by atoms with Gasteiger partial charge in [-0.25, -0.2) is 4.79 Å². The van der Waals surface area contributed by atoms with Crippen molar-refractivity contribution >= 4 is 24.4 Å². The first kappa shape index (κ1) is 33.7. The second-order valence-electron chi connectivity index (χ2n) is 8.70. The SMILES string of the molecule is C=O.CCCc1ccccc1C.CN(C(=O)[C@H](CCc1ccccc1)NC(N)=O)c1ccc2c(c1)OCO2.CO.[HH].[HH]. The highest BCUT2D eigenvalue weighted by atomic mass is 16.7. The summed E-state index contributed by atoms with van der Waals surface area (Å²) >= 11 is 0. The number of aliphatic hydroxyl groups is 1. The van der Waals surface area contributed by atoms with E-state index in [4.69, 9.17) is 25.1 Å². The zero-order chi connectivity index (χ0) is 29.9. The highest BCUT2D eigenvalue weighted by Crippen LogP contribution is 2.35. The van der Waals surface area contributed by atoms with Gasteiger partial charge in [-0.15, -0.1) is 0 Å². The van der Waals surface area contributed by atoms with Gasteiger partial charge in [0.1, 0.15) is 12.8 Å². The highest BCUT2D eigenvalue weighted by Gasteiger charge is 2.25. The van der Waals surface area contributed by atoms with E-state index >= 15 is 0 Å². The number of aliphatic hydroxyl groups excluding tert-OH is 1. The smallest absolute Gasteiger partial charge is 0.312 e. The van der Waals surface area contributed by atoms with Crippen molar-refractivity contribution in [3.8, 4) is 11.5 Å². The van der Waals surface area contributed by atoms with E-state index in [9.17, 15) is 9.59 Å². The number of anilines is 1. The number of amides is 3. The van der Waals surface area contributed by atoms with Crippen molar-refractivity contribution in [1.82, 2.24) is 5.32 Å². The molecule has 0 radical (unpaired) electrons. The molecule has 3 aromatic carbocycles. The van der Waals surface area contributed by atoms with Crippen LogP contribution >= 0.6 is 0 Å². The molecule has 0 aromatic heterocycles. The predicted octanol–water partition coefficient (Wildman–Crippen LogP) is 4.91. The fraction of sp³-hybridized carbons (Fsp3) is 0.323. The molecular formula is C31H45N3O6. The molecule has 1 aliphatic rings. The number of nitrogens with one attached hydrogen (secondary N) is 1. The Balaban J connectivity index is 0. The molecule has 4 rings (SSSR count). The molecule has 3 amide bonds. The van der Waals surface area contributed by atoms with Crippen LogP contribution in [0, 0.1) is 6.92 Å². The Morgan fingerprint density at radius 2 is 1.62 bits per heavy atom. The number of likely N-dealkylation sites (N-methyl/N-ethyl adjacent to an activating group) is 1. The van der Waals surface area contributed by atoms with Gasteiger partial charge < -0.3 is 35.3 Å². The van der Waals surface area contributed by atoms with E-state index in [1.165, 1.54) is 28.9 Å². The molecule has 40 heavy (non-hydrogen) atoms. The van der Waals surface area contributed by atoms with Gasteiger partial charge in [0, 0.05) is 28.8 Å². The summed E-state index contributed by atoms with van der Waals surface area (Å²) in [5, 5.41) is 9.54. The summed E-state index contributed by atoms with van der Waals surface area (Å²) in [5.41, 5.74) is 9.90. The highest BCUT2D eigenvalue weighted by molar-refractivity contribution is 5.98. The molecule has 0 spiro atoms. The maximum atomic E-state index is 12.9. The van der Waals surface area contributed by atoms with Gasteiger partial charge in [0.25, 0.3) is 0 Å². The lowest BCUT2D eigenvalue weighted by atomic mass is 10.0. The van der Waals surface area contributed by atoms with Crippen LogP contribution in [0.15, 0.2) is 72.8 Å². The maximum Gasteiger partial charge on any atom is 0.312 e. The van der Waals surface area contributed by atoms with E-state index in [-0.39, 0.29) is 15.6 Å². The Morgan fingerprint density at radius 1 is 1.00 bits per heavy atom. The van der Waals surface area contributed by atoms with Gasteiger partial charge in [-0.1, -0.05) is 67.9 Å². The van der Waals surface area contributed by atoms with Crippen molar-refractivity contribution < 1.29 is 31.8 Å². The van der Waals surface area contributed by atoms with Crippen LogP contribution in [0.1, 0.15) is 39.3 Å². The van der Waals surface area contributed by atoms with Crippen molar-refractivity contribution in [3.05, 3.63) is 89.5 Å². The molecule has 0 aliphatic carbocycles. The van der Waals surface area contributed by atoms with E-state index in [0.29, 0.717) is 30.0 Å². The quantitative estimate of drug-likeness (QED) is 0.362. The summed E-state index contributed by atoms with van der Waals surface area (Å²) in [5.74, 6) is 0.981. The van der Waals surface area contributed by atoms with E-state index in [1.54, 1.807) is 25.2 Å². The number of carbonyl (C=O) groups is 3. The Labute approximate surface area is 239 Å². The monoisotopic (exact) mass is 555 g/mol. The van der Waals surface area contributed by atoms with Crippen molar-refractivity contribution in [2.75, 3.05) is 25.9 Å². The number of rotatable bonds is 8. The van der Waals surface area contributed by atoms with Crippen LogP contribution in [0.2, 0.25) is 0 Å². The average molecular weight is 556 g/mol. The van der Waals surface area contributed by atoms with Gasteiger partial charge in [0.15, 0.2) is 11.5 Å². The Bertz CT molecular complexity index is 1180. The van der Waals surface area contributed by atoms with Gasteiger partial charge in [-0.2, -0.15) is 0 Å². The third-order valence-electron chi connectivity index (χ3n) is 6.03. The molecule has 9 heteroatoms. The Hall–Kier alpha value is -4.37. The van der Waals surface area contributed by atoms with E-state index in [1.807, 2.05) is 37.1 Å². The number of urea groups is 1. The Kier molecular flexibility index (Phi) is 15.8. The number of hydrogen-bond acceptors (Lipinski definition) is 6. The number of fused-ring (bicyclic) bond motifs is 1. The maximum absolute atomic E-state index is 12.9. The molecule has 1 heterocycles. The summed E-state index contributed by atoms with van der Waals surface area (Å²) in [6.45, 7) is 6.55. The van der Waals surface area contributed by atoms with Crippen molar-refractivity contribution in [3.63, 3.8) is 0 Å². The summed E-state index contributed by atoms with van der Waals surface area (Å²) < 4.78 is 10.6. The normalized spacial score (nSPS) is 11.2. The van der Waals surface area contributed by atoms with Crippen LogP contribution in [-0.2, 0) is 22.4 Å². The van der Waals surface area contributed by atoms with Crippen LogP contribution in [0.5, 0.6) is 11.5 Å². The summed E-state index contributed by atoms with van der Waals surface area (Å²) in [6, 6.07) is 22.2. The standard InChI is InChI=1S/C19H21N3O4.C10H14.CH4O.CH2O.2H2/c1-22(14-8-10-16-17(11-14)26-12-25-16)18(23)15(21-19(20)24)9-7-13-5-3-2-4-6-13;1-3-6-10-8-5-4-7-9(10)2;2*1-2;;/h2-6,8,10-11,15H,7,9,12H2,1H3,(H3,20,21,24);4-5,7-8H,3,6H2,1-2H3;2H,1H3;1H2;2*1H/t15-;;;;;/m0...../s1.